The second kappa shape index (κ2) is 11.8. The summed E-state index contributed by atoms with van der Waals surface area (Å²) in [5.74, 6) is 1.87. The average molecular weight is 493 g/mol. The minimum Gasteiger partial charge on any atom is -0.393 e. The number of carbonyl (C=O) groups excluding carboxylic acids is 1. The van der Waals surface area contributed by atoms with E-state index < -0.39 is 24.2 Å². The van der Waals surface area contributed by atoms with E-state index in [4.69, 9.17) is 9.47 Å². The van der Waals surface area contributed by atoms with Gasteiger partial charge in [-0.15, -0.1) is 0 Å². The number of hydrogen-bond donors (Lipinski definition) is 3. The van der Waals surface area contributed by atoms with Gasteiger partial charge in [-0.3, -0.25) is 4.79 Å². The van der Waals surface area contributed by atoms with Crippen molar-refractivity contribution in [1.29, 1.82) is 0 Å². The van der Waals surface area contributed by atoms with Gasteiger partial charge in [-0.1, -0.05) is 26.2 Å². The number of piperidine rings is 1. The molecule has 3 N–H and O–H groups in total. The molecule has 7 heteroatoms. The first-order chi connectivity index (χ1) is 17.0. The third-order valence-electron chi connectivity index (χ3n) is 9.81. The van der Waals surface area contributed by atoms with Crippen LogP contribution in [-0.4, -0.2) is 84.3 Å². The maximum Gasteiger partial charge on any atom is 0.230 e. The molecular weight excluding hydrogens is 444 g/mol. The predicted octanol–water partition coefficient (Wildman–Crippen LogP) is 2.73. The maximum absolute atomic E-state index is 13.9. The second-order valence-electron chi connectivity index (χ2n) is 12.5. The van der Waals surface area contributed by atoms with E-state index >= 15 is 0 Å². The minimum absolute atomic E-state index is 0.0402. The van der Waals surface area contributed by atoms with Gasteiger partial charge in [0.25, 0.3) is 0 Å². The van der Waals surface area contributed by atoms with E-state index in [-0.39, 0.29) is 12.3 Å². The quantitative estimate of drug-likeness (QED) is 0.528. The molecular formula is C28H48N2O5. The van der Waals surface area contributed by atoms with Gasteiger partial charge in [0.05, 0.1) is 30.8 Å². The number of carbonyl (C=O) groups is 1. The van der Waals surface area contributed by atoms with E-state index in [2.05, 4.69) is 12.2 Å². The third kappa shape index (κ3) is 6.23. The molecule has 9 unspecified atom stereocenters. The molecule has 5 rings (SSSR count). The number of fused-ring (bicyclic) bond motifs is 1. The van der Waals surface area contributed by atoms with Gasteiger partial charge in [-0.2, -0.15) is 0 Å². The Labute approximate surface area is 211 Å². The average Bonchev–Trinajstić information content (AvgIpc) is 3.35. The Morgan fingerprint density at radius 3 is 2.71 bits per heavy atom. The van der Waals surface area contributed by atoms with Crippen LogP contribution in [0.2, 0.25) is 0 Å². The van der Waals surface area contributed by atoms with Crippen LogP contribution in [-0.2, 0) is 14.3 Å². The van der Waals surface area contributed by atoms with Crippen LogP contribution in [0.25, 0.3) is 0 Å². The zero-order chi connectivity index (χ0) is 24.4. The highest BCUT2D eigenvalue weighted by molar-refractivity contribution is 5.80. The van der Waals surface area contributed by atoms with Gasteiger partial charge < -0.3 is 29.9 Å². The molecule has 2 saturated heterocycles. The fourth-order valence-corrected chi connectivity index (χ4v) is 7.90. The van der Waals surface area contributed by atoms with Crippen LogP contribution in [0.15, 0.2) is 0 Å². The third-order valence-corrected chi connectivity index (χ3v) is 9.81. The molecule has 7 nitrogen and oxygen atoms in total. The van der Waals surface area contributed by atoms with Crippen LogP contribution >= 0.6 is 0 Å². The van der Waals surface area contributed by atoms with E-state index in [1.54, 1.807) is 0 Å². The molecule has 2 aliphatic heterocycles. The topological polar surface area (TPSA) is 91.3 Å². The molecule has 2 heterocycles. The van der Waals surface area contributed by atoms with Crippen molar-refractivity contribution in [2.75, 3.05) is 32.9 Å². The van der Waals surface area contributed by atoms with Crippen molar-refractivity contribution in [3.8, 4) is 0 Å². The van der Waals surface area contributed by atoms with Gasteiger partial charge in [-0.05, 0) is 62.2 Å². The number of nitrogens with zero attached hydrogens (tertiary/aromatic N) is 1. The van der Waals surface area contributed by atoms with Crippen LogP contribution in [0.1, 0.15) is 77.6 Å². The monoisotopic (exact) mass is 492 g/mol. The number of nitrogens with one attached hydrogen (secondary N) is 1. The summed E-state index contributed by atoms with van der Waals surface area (Å²) < 4.78 is 11.9. The first-order valence-corrected chi connectivity index (χ1v) is 14.6. The summed E-state index contributed by atoms with van der Waals surface area (Å²) in [4.78, 5) is 15.9. The Morgan fingerprint density at radius 1 is 1.06 bits per heavy atom. The van der Waals surface area contributed by atoms with Crippen molar-refractivity contribution < 1.29 is 24.5 Å². The van der Waals surface area contributed by atoms with Gasteiger partial charge in [0.1, 0.15) is 0 Å². The lowest BCUT2D eigenvalue weighted by Crippen LogP contribution is -2.58. The fourth-order valence-electron chi connectivity index (χ4n) is 7.90. The second-order valence-corrected chi connectivity index (χ2v) is 12.5. The Kier molecular flexibility index (Phi) is 8.70. The highest BCUT2D eigenvalue weighted by Crippen LogP contribution is 2.39. The SMILES string of the molecule is CC1CCCC(COC2CC(O)CC(O)C2C(=O)N2CCC3CCCC(N[C@H]4CCOC4)C3C2)C1. The van der Waals surface area contributed by atoms with Crippen LogP contribution in [0.5, 0.6) is 0 Å². The van der Waals surface area contributed by atoms with Gasteiger partial charge in [0.15, 0.2) is 0 Å². The molecule has 0 aromatic heterocycles. The van der Waals surface area contributed by atoms with E-state index in [1.165, 1.54) is 44.9 Å². The minimum atomic E-state index is -0.838. The Balaban J connectivity index is 1.23. The highest BCUT2D eigenvalue weighted by Gasteiger charge is 2.46. The number of ether oxygens (including phenoxy) is 2. The van der Waals surface area contributed by atoms with Gasteiger partial charge in [0.2, 0.25) is 5.91 Å². The zero-order valence-electron chi connectivity index (χ0n) is 21.7. The summed E-state index contributed by atoms with van der Waals surface area (Å²) in [7, 11) is 0. The molecule has 35 heavy (non-hydrogen) atoms. The molecule has 5 aliphatic rings. The van der Waals surface area contributed by atoms with Crippen LogP contribution < -0.4 is 5.32 Å². The lowest BCUT2D eigenvalue weighted by Gasteiger charge is -2.48. The molecule has 0 radical (unpaired) electrons. The molecule has 0 spiro atoms. The molecule has 10 atom stereocenters. The standard InChI is InChI=1S/C28H48N2O5/c1-18-4-2-5-19(12-18)16-35-26-14-22(31)13-25(32)27(26)28(33)30-10-8-20-6-3-7-24(23(20)15-30)29-21-9-11-34-17-21/h18-27,29,31-32H,2-17H2,1H3/t18?,19?,20?,21-,22?,23?,24?,25?,26?,27?/m0/s1. The maximum atomic E-state index is 13.9. The number of hydrogen-bond acceptors (Lipinski definition) is 6. The molecule has 0 aromatic carbocycles. The number of aliphatic hydroxyl groups excluding tert-OH is 2. The first-order valence-electron chi connectivity index (χ1n) is 14.6. The molecule has 0 bridgehead atoms. The van der Waals surface area contributed by atoms with Crippen molar-refractivity contribution in [2.24, 2.45) is 29.6 Å². The van der Waals surface area contributed by atoms with Gasteiger partial charge >= 0.3 is 0 Å². The Hall–Kier alpha value is -0.730. The summed E-state index contributed by atoms with van der Waals surface area (Å²) in [6.07, 6.45) is 9.57. The van der Waals surface area contributed by atoms with Crippen molar-refractivity contribution in [3.63, 3.8) is 0 Å². The summed E-state index contributed by atoms with van der Waals surface area (Å²) in [6, 6.07) is 0.876. The van der Waals surface area contributed by atoms with Crippen LogP contribution in [0.3, 0.4) is 0 Å². The summed E-state index contributed by atoms with van der Waals surface area (Å²) >= 11 is 0. The highest BCUT2D eigenvalue weighted by atomic mass is 16.5. The van der Waals surface area contributed by atoms with Crippen molar-refractivity contribution in [2.45, 2.75) is 108 Å². The molecule has 200 valence electrons. The predicted molar refractivity (Wildman–Crippen MR) is 134 cm³/mol. The number of likely N-dealkylation sites (tertiary alicyclic amines) is 1. The summed E-state index contributed by atoms with van der Waals surface area (Å²) in [6.45, 7) is 6.13. The molecule has 1 amide bonds. The van der Waals surface area contributed by atoms with E-state index in [0.717, 1.165) is 45.1 Å². The number of rotatable bonds is 6. The summed E-state index contributed by atoms with van der Waals surface area (Å²) in [5, 5.41) is 25.2. The number of aliphatic hydroxyl groups is 2. The molecule has 5 fully saturated rings. The smallest absolute Gasteiger partial charge is 0.230 e. The van der Waals surface area contributed by atoms with Gasteiger partial charge in [0, 0.05) is 51.2 Å². The largest absolute Gasteiger partial charge is 0.393 e. The Morgan fingerprint density at radius 2 is 1.91 bits per heavy atom. The van der Waals surface area contributed by atoms with Crippen molar-refractivity contribution in [1.82, 2.24) is 10.2 Å². The summed E-state index contributed by atoms with van der Waals surface area (Å²) in [5.41, 5.74) is 0. The molecule has 3 aliphatic carbocycles. The lowest BCUT2D eigenvalue weighted by molar-refractivity contribution is -0.162. The number of amides is 1. The normalized spacial score (nSPS) is 44.7. The first kappa shape index (κ1) is 25.9. The van der Waals surface area contributed by atoms with Crippen molar-refractivity contribution >= 4 is 5.91 Å². The molecule has 3 saturated carbocycles. The van der Waals surface area contributed by atoms with Gasteiger partial charge in [-0.25, -0.2) is 0 Å². The van der Waals surface area contributed by atoms with Crippen molar-refractivity contribution in [3.05, 3.63) is 0 Å². The van der Waals surface area contributed by atoms with E-state index in [9.17, 15) is 15.0 Å². The fraction of sp³-hybridized carbons (Fsp3) is 0.964. The zero-order valence-corrected chi connectivity index (χ0v) is 21.7. The van der Waals surface area contributed by atoms with Crippen LogP contribution in [0, 0.1) is 29.6 Å². The molecule has 0 aromatic rings. The Bertz CT molecular complexity index is 701. The van der Waals surface area contributed by atoms with E-state index in [0.29, 0.717) is 42.9 Å². The lowest BCUT2D eigenvalue weighted by atomic mass is 9.71. The van der Waals surface area contributed by atoms with E-state index in [1.807, 2.05) is 4.90 Å². The van der Waals surface area contributed by atoms with Crippen LogP contribution in [0.4, 0.5) is 0 Å².